The molecule has 2 rings (SSSR count). The maximum atomic E-state index is 12.3. The van der Waals surface area contributed by atoms with Crippen LogP contribution in [0.25, 0.3) is 0 Å². The SMILES string of the molecule is Cc1ccc(NC(=O)c2cc(C(=O)NC(C)C)ccn2)cc1C. The molecule has 0 unspecified atom stereocenters. The molecule has 0 aliphatic carbocycles. The van der Waals surface area contributed by atoms with Crippen LogP contribution in [0.4, 0.5) is 5.69 Å². The number of aromatic nitrogens is 1. The standard InChI is InChI=1S/C18H21N3O2/c1-11(2)20-17(22)14-7-8-19-16(10-14)18(23)21-15-6-5-12(3)13(4)9-15/h5-11H,1-4H3,(H,20,22)(H,21,23). The number of benzene rings is 1. The van der Waals surface area contributed by atoms with Gasteiger partial charge in [0, 0.05) is 23.5 Å². The number of nitrogens with one attached hydrogen (secondary N) is 2. The molecule has 0 bridgehead atoms. The van der Waals surface area contributed by atoms with E-state index in [4.69, 9.17) is 0 Å². The summed E-state index contributed by atoms with van der Waals surface area (Å²) in [5, 5.41) is 5.59. The minimum Gasteiger partial charge on any atom is -0.350 e. The third-order valence-corrected chi connectivity index (χ3v) is 3.44. The number of carbonyl (C=O) groups excluding carboxylic acids is 2. The number of carbonyl (C=O) groups is 2. The van der Waals surface area contributed by atoms with Gasteiger partial charge in [0.05, 0.1) is 0 Å². The molecule has 120 valence electrons. The van der Waals surface area contributed by atoms with Gasteiger partial charge in [-0.25, -0.2) is 0 Å². The zero-order chi connectivity index (χ0) is 17.0. The Morgan fingerprint density at radius 1 is 1.00 bits per heavy atom. The lowest BCUT2D eigenvalue weighted by Crippen LogP contribution is -2.30. The zero-order valence-corrected chi connectivity index (χ0v) is 13.8. The van der Waals surface area contributed by atoms with Crippen LogP contribution in [0, 0.1) is 13.8 Å². The average Bonchev–Trinajstić information content (AvgIpc) is 2.50. The third-order valence-electron chi connectivity index (χ3n) is 3.44. The number of hydrogen-bond donors (Lipinski definition) is 2. The number of rotatable bonds is 4. The molecule has 1 aromatic heterocycles. The second kappa shape index (κ2) is 7.05. The van der Waals surface area contributed by atoms with Crippen LogP contribution in [0.15, 0.2) is 36.5 Å². The molecule has 2 amide bonds. The molecule has 2 N–H and O–H groups in total. The molecule has 0 spiro atoms. The number of aryl methyl sites for hydroxylation is 2. The van der Waals surface area contributed by atoms with Crippen molar-refractivity contribution in [3.8, 4) is 0 Å². The molecule has 0 radical (unpaired) electrons. The summed E-state index contributed by atoms with van der Waals surface area (Å²) in [6.07, 6.45) is 1.46. The van der Waals surface area contributed by atoms with E-state index in [-0.39, 0.29) is 23.6 Å². The maximum Gasteiger partial charge on any atom is 0.274 e. The van der Waals surface area contributed by atoms with Gasteiger partial charge in [-0.1, -0.05) is 6.07 Å². The van der Waals surface area contributed by atoms with Gasteiger partial charge in [-0.15, -0.1) is 0 Å². The lowest BCUT2D eigenvalue weighted by Gasteiger charge is -2.10. The van der Waals surface area contributed by atoms with E-state index in [0.717, 1.165) is 11.1 Å². The highest BCUT2D eigenvalue weighted by atomic mass is 16.2. The molecule has 0 fully saturated rings. The van der Waals surface area contributed by atoms with Gasteiger partial charge in [-0.2, -0.15) is 0 Å². The number of hydrogen-bond acceptors (Lipinski definition) is 3. The first-order valence-corrected chi connectivity index (χ1v) is 7.52. The average molecular weight is 311 g/mol. The van der Waals surface area contributed by atoms with Crippen molar-refractivity contribution in [2.75, 3.05) is 5.32 Å². The molecule has 5 heteroatoms. The number of amides is 2. The summed E-state index contributed by atoms with van der Waals surface area (Å²) < 4.78 is 0. The molecule has 0 saturated heterocycles. The second-order valence-corrected chi connectivity index (χ2v) is 5.81. The fourth-order valence-corrected chi connectivity index (χ4v) is 2.06. The van der Waals surface area contributed by atoms with Crippen LogP contribution < -0.4 is 10.6 Å². The Bertz CT molecular complexity index is 739. The Labute approximate surface area is 136 Å². The zero-order valence-electron chi connectivity index (χ0n) is 13.8. The molecular formula is C18H21N3O2. The van der Waals surface area contributed by atoms with Crippen LogP contribution in [0.1, 0.15) is 45.8 Å². The van der Waals surface area contributed by atoms with Gasteiger partial charge >= 0.3 is 0 Å². The predicted molar refractivity (Wildman–Crippen MR) is 90.7 cm³/mol. The predicted octanol–water partition coefficient (Wildman–Crippen LogP) is 3.09. The molecule has 1 heterocycles. The molecule has 23 heavy (non-hydrogen) atoms. The summed E-state index contributed by atoms with van der Waals surface area (Å²) in [7, 11) is 0. The maximum absolute atomic E-state index is 12.3. The molecule has 2 aromatic rings. The Balaban J connectivity index is 2.16. The Hall–Kier alpha value is -2.69. The van der Waals surface area contributed by atoms with Crippen molar-refractivity contribution in [3.05, 3.63) is 58.9 Å². The topological polar surface area (TPSA) is 71.1 Å². The highest BCUT2D eigenvalue weighted by Gasteiger charge is 2.13. The van der Waals surface area contributed by atoms with Crippen LogP contribution in [-0.4, -0.2) is 22.8 Å². The summed E-state index contributed by atoms with van der Waals surface area (Å²) in [4.78, 5) is 28.3. The first-order chi connectivity index (χ1) is 10.9. The summed E-state index contributed by atoms with van der Waals surface area (Å²) in [6, 6.07) is 8.81. The van der Waals surface area contributed by atoms with Gasteiger partial charge in [-0.05, 0) is 63.1 Å². The minimum atomic E-state index is -0.340. The molecule has 5 nitrogen and oxygen atoms in total. The van der Waals surface area contributed by atoms with Gasteiger partial charge in [0.2, 0.25) is 0 Å². The van der Waals surface area contributed by atoms with E-state index in [2.05, 4.69) is 15.6 Å². The fraction of sp³-hybridized carbons (Fsp3) is 0.278. The van der Waals surface area contributed by atoms with E-state index < -0.39 is 0 Å². The highest BCUT2D eigenvalue weighted by Crippen LogP contribution is 2.15. The summed E-state index contributed by atoms with van der Waals surface area (Å²) in [6.45, 7) is 7.76. The number of pyridine rings is 1. The molecule has 0 aliphatic heterocycles. The minimum absolute atomic E-state index is 0.0310. The summed E-state index contributed by atoms with van der Waals surface area (Å²) >= 11 is 0. The molecule has 0 saturated carbocycles. The normalized spacial score (nSPS) is 10.5. The van der Waals surface area contributed by atoms with Gasteiger partial charge in [0.1, 0.15) is 5.69 Å². The van der Waals surface area contributed by atoms with Gasteiger partial charge in [0.25, 0.3) is 11.8 Å². The van der Waals surface area contributed by atoms with Crippen molar-refractivity contribution >= 4 is 17.5 Å². The lowest BCUT2D eigenvalue weighted by molar-refractivity contribution is 0.0943. The molecular weight excluding hydrogens is 290 g/mol. The van der Waals surface area contributed by atoms with E-state index in [1.165, 1.54) is 12.3 Å². The van der Waals surface area contributed by atoms with Crippen LogP contribution in [-0.2, 0) is 0 Å². The van der Waals surface area contributed by atoms with E-state index in [1.807, 2.05) is 45.9 Å². The van der Waals surface area contributed by atoms with Crippen LogP contribution >= 0.6 is 0 Å². The number of nitrogens with zero attached hydrogens (tertiary/aromatic N) is 1. The summed E-state index contributed by atoms with van der Waals surface area (Å²) in [5.74, 6) is -0.560. The monoisotopic (exact) mass is 311 g/mol. The van der Waals surface area contributed by atoms with Crippen molar-refractivity contribution in [3.63, 3.8) is 0 Å². The first-order valence-electron chi connectivity index (χ1n) is 7.52. The van der Waals surface area contributed by atoms with E-state index >= 15 is 0 Å². The molecule has 0 atom stereocenters. The van der Waals surface area contributed by atoms with Crippen molar-refractivity contribution < 1.29 is 9.59 Å². The van der Waals surface area contributed by atoms with E-state index in [0.29, 0.717) is 11.3 Å². The smallest absolute Gasteiger partial charge is 0.274 e. The van der Waals surface area contributed by atoms with Crippen LogP contribution in [0.2, 0.25) is 0 Å². The van der Waals surface area contributed by atoms with E-state index in [9.17, 15) is 9.59 Å². The fourth-order valence-electron chi connectivity index (χ4n) is 2.06. The first kappa shape index (κ1) is 16.7. The lowest BCUT2D eigenvalue weighted by atomic mass is 10.1. The van der Waals surface area contributed by atoms with Crippen LogP contribution in [0.5, 0.6) is 0 Å². The van der Waals surface area contributed by atoms with Crippen molar-refractivity contribution in [1.82, 2.24) is 10.3 Å². The summed E-state index contributed by atoms with van der Waals surface area (Å²) in [5.41, 5.74) is 3.59. The molecule has 0 aliphatic rings. The third kappa shape index (κ3) is 4.39. The second-order valence-electron chi connectivity index (χ2n) is 5.81. The quantitative estimate of drug-likeness (QED) is 0.911. The Morgan fingerprint density at radius 2 is 1.74 bits per heavy atom. The highest BCUT2D eigenvalue weighted by molar-refractivity contribution is 6.04. The molecule has 1 aromatic carbocycles. The van der Waals surface area contributed by atoms with Gasteiger partial charge in [0.15, 0.2) is 0 Å². The van der Waals surface area contributed by atoms with E-state index in [1.54, 1.807) is 6.07 Å². The Kier molecular flexibility index (Phi) is 5.11. The van der Waals surface area contributed by atoms with Crippen molar-refractivity contribution in [2.45, 2.75) is 33.7 Å². The largest absolute Gasteiger partial charge is 0.350 e. The number of anilines is 1. The van der Waals surface area contributed by atoms with Crippen molar-refractivity contribution in [1.29, 1.82) is 0 Å². The van der Waals surface area contributed by atoms with Gasteiger partial charge < -0.3 is 10.6 Å². The van der Waals surface area contributed by atoms with Crippen molar-refractivity contribution in [2.24, 2.45) is 0 Å². The van der Waals surface area contributed by atoms with Gasteiger partial charge in [-0.3, -0.25) is 14.6 Å². The van der Waals surface area contributed by atoms with Crippen LogP contribution in [0.3, 0.4) is 0 Å². The Morgan fingerprint density at radius 3 is 2.39 bits per heavy atom.